The highest BCUT2D eigenvalue weighted by Crippen LogP contribution is 2.35. The van der Waals surface area contributed by atoms with Crippen molar-refractivity contribution in [3.63, 3.8) is 0 Å². The van der Waals surface area contributed by atoms with Crippen molar-refractivity contribution in [2.45, 2.75) is 39.8 Å². The van der Waals surface area contributed by atoms with Crippen LogP contribution in [0.3, 0.4) is 0 Å². The van der Waals surface area contributed by atoms with E-state index in [0.29, 0.717) is 55.1 Å². The van der Waals surface area contributed by atoms with Gasteiger partial charge in [0.25, 0.3) is 5.91 Å². The lowest BCUT2D eigenvalue weighted by molar-refractivity contribution is -0.124. The zero-order chi connectivity index (χ0) is 24.9. The van der Waals surface area contributed by atoms with Crippen molar-refractivity contribution in [1.82, 2.24) is 20.1 Å². The van der Waals surface area contributed by atoms with Gasteiger partial charge in [0.15, 0.2) is 11.5 Å². The molecule has 4 rings (SSSR count). The summed E-state index contributed by atoms with van der Waals surface area (Å²) in [6.45, 7) is 10.7. The van der Waals surface area contributed by atoms with E-state index in [2.05, 4.69) is 15.5 Å². The van der Waals surface area contributed by atoms with E-state index in [1.165, 1.54) is 0 Å². The fourth-order valence-electron chi connectivity index (χ4n) is 4.40. The van der Waals surface area contributed by atoms with E-state index in [-0.39, 0.29) is 24.2 Å². The maximum Gasteiger partial charge on any atom is 0.257 e. The molecule has 2 aliphatic heterocycles. The standard InChI is InChI=1S/C25H34N4O6/c1-4-16(3)22(25(32)26-6-7-28-8-10-33-11-9-28)27-24(31)18-14-29(5-2)19-13-21-20(34-15-35-21)12-17(19)23(18)30/h12-14,16,22H,4-11,15H2,1-3H3,(H,26,32)(H,27,31)/t16?,22-/m1/s1. The Kier molecular flexibility index (Phi) is 7.92. The monoisotopic (exact) mass is 486 g/mol. The first-order valence-corrected chi connectivity index (χ1v) is 12.3. The summed E-state index contributed by atoms with van der Waals surface area (Å²) in [6.07, 6.45) is 2.24. The number of carbonyl (C=O) groups is 2. The predicted octanol–water partition coefficient (Wildman–Crippen LogP) is 1.34. The van der Waals surface area contributed by atoms with Crippen molar-refractivity contribution in [2.75, 3.05) is 46.2 Å². The summed E-state index contributed by atoms with van der Waals surface area (Å²) in [6, 6.07) is 2.63. The van der Waals surface area contributed by atoms with Gasteiger partial charge in [-0.3, -0.25) is 19.3 Å². The zero-order valence-corrected chi connectivity index (χ0v) is 20.6. The summed E-state index contributed by atoms with van der Waals surface area (Å²) in [5, 5.41) is 6.15. The highest BCUT2D eigenvalue weighted by atomic mass is 16.7. The molecule has 0 radical (unpaired) electrons. The molecule has 2 atom stereocenters. The SMILES string of the molecule is CCC(C)[C@@H](NC(=O)c1cn(CC)c2cc3c(cc2c1=O)OCO3)C(=O)NCCN1CCOCC1. The number of amides is 2. The van der Waals surface area contributed by atoms with Crippen LogP contribution in [-0.2, 0) is 16.1 Å². The smallest absolute Gasteiger partial charge is 0.257 e. The van der Waals surface area contributed by atoms with Gasteiger partial charge < -0.3 is 29.4 Å². The summed E-state index contributed by atoms with van der Waals surface area (Å²) in [5.74, 6) is 0.130. The van der Waals surface area contributed by atoms with E-state index in [1.54, 1.807) is 18.3 Å². The quantitative estimate of drug-likeness (QED) is 0.550. The van der Waals surface area contributed by atoms with Gasteiger partial charge in [0.1, 0.15) is 11.6 Å². The Labute approximate surface area is 204 Å². The van der Waals surface area contributed by atoms with Gasteiger partial charge in [-0.1, -0.05) is 20.3 Å². The van der Waals surface area contributed by atoms with Crippen LogP contribution >= 0.6 is 0 Å². The largest absolute Gasteiger partial charge is 0.454 e. The molecule has 35 heavy (non-hydrogen) atoms. The first kappa shape index (κ1) is 25.0. The lowest BCUT2D eigenvalue weighted by Crippen LogP contribution is -2.52. The molecule has 190 valence electrons. The van der Waals surface area contributed by atoms with Crippen LogP contribution in [0.1, 0.15) is 37.6 Å². The molecular weight excluding hydrogens is 452 g/mol. The Bertz CT molecular complexity index is 1140. The molecule has 1 fully saturated rings. The van der Waals surface area contributed by atoms with Crippen molar-refractivity contribution in [2.24, 2.45) is 5.92 Å². The van der Waals surface area contributed by atoms with Gasteiger partial charge in [-0.2, -0.15) is 0 Å². The Morgan fingerprint density at radius 3 is 2.51 bits per heavy atom. The van der Waals surface area contributed by atoms with Crippen LogP contribution in [0.2, 0.25) is 0 Å². The molecule has 2 aromatic rings. The molecule has 2 aliphatic rings. The molecule has 0 aliphatic carbocycles. The van der Waals surface area contributed by atoms with Gasteiger partial charge >= 0.3 is 0 Å². The zero-order valence-electron chi connectivity index (χ0n) is 20.6. The molecule has 3 heterocycles. The molecule has 1 aromatic heterocycles. The minimum Gasteiger partial charge on any atom is -0.454 e. The Morgan fingerprint density at radius 2 is 1.83 bits per heavy atom. The van der Waals surface area contributed by atoms with Crippen LogP contribution in [0, 0.1) is 5.92 Å². The number of fused-ring (bicyclic) bond motifs is 2. The molecule has 2 amide bonds. The van der Waals surface area contributed by atoms with Crippen molar-refractivity contribution in [3.05, 3.63) is 34.1 Å². The summed E-state index contributed by atoms with van der Waals surface area (Å²) < 4.78 is 18.0. The maximum atomic E-state index is 13.3. The second-order valence-electron chi connectivity index (χ2n) is 8.96. The van der Waals surface area contributed by atoms with E-state index >= 15 is 0 Å². The van der Waals surface area contributed by atoms with Crippen LogP contribution in [0.4, 0.5) is 0 Å². The van der Waals surface area contributed by atoms with Crippen molar-refractivity contribution >= 4 is 22.7 Å². The number of aryl methyl sites for hydroxylation is 1. The van der Waals surface area contributed by atoms with E-state index in [1.807, 2.05) is 25.3 Å². The average Bonchev–Trinajstić information content (AvgIpc) is 3.34. The summed E-state index contributed by atoms with van der Waals surface area (Å²) in [7, 11) is 0. The number of hydrogen-bond donors (Lipinski definition) is 2. The second-order valence-corrected chi connectivity index (χ2v) is 8.96. The van der Waals surface area contributed by atoms with Gasteiger partial charge in [-0.25, -0.2) is 0 Å². The van der Waals surface area contributed by atoms with E-state index in [0.717, 1.165) is 19.6 Å². The summed E-state index contributed by atoms with van der Waals surface area (Å²) in [4.78, 5) is 41.8. The Hall–Kier alpha value is -3.11. The van der Waals surface area contributed by atoms with Crippen molar-refractivity contribution in [1.29, 1.82) is 0 Å². The number of ether oxygens (including phenoxy) is 3. The third-order valence-corrected chi connectivity index (χ3v) is 6.77. The normalized spacial score (nSPS) is 17.2. The maximum absolute atomic E-state index is 13.3. The highest BCUT2D eigenvalue weighted by molar-refractivity contribution is 6.00. The number of nitrogens with zero attached hydrogens (tertiary/aromatic N) is 2. The highest BCUT2D eigenvalue weighted by Gasteiger charge is 2.28. The third kappa shape index (κ3) is 5.43. The van der Waals surface area contributed by atoms with Crippen LogP contribution < -0.4 is 25.5 Å². The molecule has 1 aromatic carbocycles. The second kappa shape index (κ2) is 11.1. The molecule has 1 unspecified atom stereocenters. The van der Waals surface area contributed by atoms with Crippen molar-refractivity contribution < 1.29 is 23.8 Å². The minimum atomic E-state index is -0.751. The van der Waals surface area contributed by atoms with Crippen LogP contribution in [0.25, 0.3) is 10.9 Å². The molecule has 0 saturated carbocycles. The first-order valence-electron chi connectivity index (χ1n) is 12.3. The molecule has 2 N–H and O–H groups in total. The van der Waals surface area contributed by atoms with Crippen molar-refractivity contribution in [3.8, 4) is 11.5 Å². The summed E-state index contributed by atoms with van der Waals surface area (Å²) in [5.41, 5.74) is 0.251. The van der Waals surface area contributed by atoms with Gasteiger partial charge in [0.05, 0.1) is 24.1 Å². The minimum absolute atomic E-state index is 0.00682. The van der Waals surface area contributed by atoms with Gasteiger partial charge in [-0.05, 0) is 18.9 Å². The number of nitrogens with one attached hydrogen (secondary N) is 2. The lowest BCUT2D eigenvalue weighted by atomic mass is 9.97. The number of rotatable bonds is 9. The number of aromatic nitrogens is 1. The summed E-state index contributed by atoms with van der Waals surface area (Å²) >= 11 is 0. The van der Waals surface area contributed by atoms with E-state index < -0.39 is 17.4 Å². The molecule has 10 nitrogen and oxygen atoms in total. The molecule has 10 heteroatoms. The van der Waals surface area contributed by atoms with Gasteiger partial charge in [-0.15, -0.1) is 0 Å². The van der Waals surface area contributed by atoms with Gasteiger partial charge in [0, 0.05) is 45.0 Å². The number of morpholine rings is 1. The van der Waals surface area contributed by atoms with Crippen LogP contribution in [0.15, 0.2) is 23.1 Å². The number of carbonyl (C=O) groups excluding carboxylic acids is 2. The average molecular weight is 487 g/mol. The number of pyridine rings is 1. The van der Waals surface area contributed by atoms with E-state index in [4.69, 9.17) is 14.2 Å². The fourth-order valence-corrected chi connectivity index (χ4v) is 4.40. The fraction of sp³-hybridized carbons (Fsp3) is 0.560. The Balaban J connectivity index is 1.52. The van der Waals surface area contributed by atoms with Crippen LogP contribution in [0.5, 0.6) is 11.5 Å². The lowest BCUT2D eigenvalue weighted by Gasteiger charge is -2.27. The molecule has 1 saturated heterocycles. The topological polar surface area (TPSA) is 111 Å². The third-order valence-electron chi connectivity index (χ3n) is 6.77. The molecule has 0 spiro atoms. The predicted molar refractivity (Wildman–Crippen MR) is 131 cm³/mol. The van der Waals surface area contributed by atoms with Crippen LogP contribution in [-0.4, -0.2) is 73.5 Å². The Morgan fingerprint density at radius 1 is 1.11 bits per heavy atom. The molecule has 0 bridgehead atoms. The number of hydrogen-bond acceptors (Lipinski definition) is 7. The number of benzene rings is 1. The first-order chi connectivity index (χ1) is 16.9. The molecular formula is C25H34N4O6. The van der Waals surface area contributed by atoms with Gasteiger partial charge in [0.2, 0.25) is 18.1 Å². The van der Waals surface area contributed by atoms with E-state index in [9.17, 15) is 14.4 Å².